The van der Waals surface area contributed by atoms with E-state index >= 15 is 0 Å². The van der Waals surface area contributed by atoms with Crippen LogP contribution in [0.25, 0.3) is 0 Å². The van der Waals surface area contributed by atoms with Gasteiger partial charge in [-0.2, -0.15) is 0 Å². The molecule has 2 fully saturated rings. The van der Waals surface area contributed by atoms with Crippen LogP contribution in [0.4, 0.5) is 5.82 Å². The van der Waals surface area contributed by atoms with Crippen molar-refractivity contribution in [1.29, 1.82) is 0 Å². The van der Waals surface area contributed by atoms with E-state index in [9.17, 15) is 0 Å². The average Bonchev–Trinajstić information content (AvgIpc) is 3.01. The highest BCUT2D eigenvalue weighted by Crippen LogP contribution is 2.40. The molecule has 0 radical (unpaired) electrons. The summed E-state index contributed by atoms with van der Waals surface area (Å²) in [5, 5.41) is 0. The van der Waals surface area contributed by atoms with Crippen LogP contribution in [0, 0.1) is 0 Å². The van der Waals surface area contributed by atoms with Crippen LogP contribution in [0.15, 0.2) is 6.07 Å². The third-order valence-electron chi connectivity index (χ3n) is 3.30. The minimum Gasteiger partial charge on any atom is -0.384 e. The maximum atomic E-state index is 5.82. The molecule has 0 bridgehead atoms. The molecular weight excluding hydrogens is 202 g/mol. The van der Waals surface area contributed by atoms with E-state index in [0.29, 0.717) is 17.8 Å². The third-order valence-corrected chi connectivity index (χ3v) is 3.30. The molecule has 1 aromatic heterocycles. The predicted octanol–water partition coefficient (Wildman–Crippen LogP) is 2.18. The smallest absolute Gasteiger partial charge is 0.159 e. The Bertz CT molecular complexity index is 403. The van der Waals surface area contributed by atoms with Crippen LogP contribution in [0.2, 0.25) is 0 Å². The van der Waals surface area contributed by atoms with Gasteiger partial charge in [0.05, 0.1) is 6.10 Å². The summed E-state index contributed by atoms with van der Waals surface area (Å²) in [5.41, 5.74) is 6.92. The van der Waals surface area contributed by atoms with Crippen LogP contribution in [0.5, 0.6) is 0 Å². The van der Waals surface area contributed by atoms with Gasteiger partial charge in [-0.1, -0.05) is 0 Å². The number of hydrogen-bond donors (Lipinski definition) is 1. The maximum Gasteiger partial charge on any atom is 0.159 e. The molecule has 0 spiro atoms. The summed E-state index contributed by atoms with van der Waals surface area (Å²) in [7, 11) is 0. The van der Waals surface area contributed by atoms with Gasteiger partial charge < -0.3 is 10.5 Å². The quantitative estimate of drug-likeness (QED) is 0.828. The molecule has 1 aromatic rings. The molecule has 1 aliphatic heterocycles. The molecule has 1 aliphatic carbocycles. The van der Waals surface area contributed by atoms with E-state index in [2.05, 4.69) is 16.9 Å². The Morgan fingerprint density at radius 3 is 2.69 bits per heavy atom. The highest BCUT2D eigenvalue weighted by atomic mass is 16.5. The normalized spacial score (nSPS) is 29.6. The van der Waals surface area contributed by atoms with Crippen molar-refractivity contribution in [2.45, 2.75) is 50.7 Å². The first-order valence-corrected chi connectivity index (χ1v) is 6.02. The number of anilines is 1. The second-order valence-electron chi connectivity index (χ2n) is 4.86. The Morgan fingerprint density at radius 2 is 2.06 bits per heavy atom. The van der Waals surface area contributed by atoms with E-state index in [0.717, 1.165) is 24.4 Å². The minimum atomic E-state index is 0.0519. The van der Waals surface area contributed by atoms with Crippen molar-refractivity contribution >= 4 is 5.82 Å². The first kappa shape index (κ1) is 10.0. The molecule has 2 unspecified atom stereocenters. The summed E-state index contributed by atoms with van der Waals surface area (Å²) in [4.78, 5) is 8.90. The van der Waals surface area contributed by atoms with E-state index in [-0.39, 0.29) is 6.10 Å². The van der Waals surface area contributed by atoms with Crippen molar-refractivity contribution in [2.24, 2.45) is 0 Å². The van der Waals surface area contributed by atoms with Gasteiger partial charge in [-0.15, -0.1) is 0 Å². The lowest BCUT2D eigenvalue weighted by Crippen LogP contribution is -2.09. The van der Waals surface area contributed by atoms with E-state index in [1.165, 1.54) is 12.8 Å². The second-order valence-corrected chi connectivity index (χ2v) is 4.86. The molecule has 0 amide bonds. The number of aromatic nitrogens is 2. The molecular formula is C12H17N3O. The monoisotopic (exact) mass is 219 g/mol. The number of hydrogen-bond acceptors (Lipinski definition) is 4. The van der Waals surface area contributed by atoms with E-state index < -0.39 is 0 Å². The van der Waals surface area contributed by atoms with Crippen molar-refractivity contribution < 1.29 is 4.74 Å². The lowest BCUT2D eigenvalue weighted by molar-refractivity contribution is 0.0502. The van der Waals surface area contributed by atoms with Crippen LogP contribution >= 0.6 is 0 Å². The maximum absolute atomic E-state index is 5.82. The summed E-state index contributed by atoms with van der Waals surface area (Å²) in [6.07, 6.45) is 4.93. The van der Waals surface area contributed by atoms with Gasteiger partial charge in [0.2, 0.25) is 0 Å². The number of nitrogens with two attached hydrogens (primary N) is 1. The Balaban J connectivity index is 1.88. The highest BCUT2D eigenvalue weighted by molar-refractivity contribution is 5.33. The van der Waals surface area contributed by atoms with Gasteiger partial charge in [0, 0.05) is 17.7 Å². The van der Waals surface area contributed by atoms with Crippen molar-refractivity contribution in [3.05, 3.63) is 17.6 Å². The van der Waals surface area contributed by atoms with E-state index in [1.807, 2.05) is 6.07 Å². The van der Waals surface area contributed by atoms with Crippen LogP contribution in [0.1, 0.15) is 56.1 Å². The van der Waals surface area contributed by atoms with Crippen LogP contribution in [-0.2, 0) is 4.74 Å². The molecule has 16 heavy (non-hydrogen) atoms. The zero-order chi connectivity index (χ0) is 11.1. The van der Waals surface area contributed by atoms with Gasteiger partial charge in [0.1, 0.15) is 11.9 Å². The van der Waals surface area contributed by atoms with Crippen LogP contribution in [0.3, 0.4) is 0 Å². The fourth-order valence-electron chi connectivity index (χ4n) is 2.23. The van der Waals surface area contributed by atoms with Gasteiger partial charge in [-0.3, -0.25) is 0 Å². The van der Waals surface area contributed by atoms with Gasteiger partial charge in [-0.25, -0.2) is 9.97 Å². The standard InChI is InChI=1S/C12H17N3O/c1-7-2-5-10(16-7)12-14-9(8-3-4-8)6-11(13)15-12/h6-8,10H,2-5H2,1H3,(H2,13,14,15). The van der Waals surface area contributed by atoms with Gasteiger partial charge >= 0.3 is 0 Å². The van der Waals surface area contributed by atoms with E-state index in [1.54, 1.807) is 0 Å². The summed E-state index contributed by atoms with van der Waals surface area (Å²) >= 11 is 0. The molecule has 2 heterocycles. The molecule has 86 valence electrons. The molecule has 4 nitrogen and oxygen atoms in total. The fraction of sp³-hybridized carbons (Fsp3) is 0.667. The van der Waals surface area contributed by atoms with Gasteiger partial charge in [-0.05, 0) is 32.6 Å². The van der Waals surface area contributed by atoms with Crippen molar-refractivity contribution in [3.63, 3.8) is 0 Å². The summed E-state index contributed by atoms with van der Waals surface area (Å²) in [5.74, 6) is 1.98. The minimum absolute atomic E-state index is 0.0519. The van der Waals surface area contributed by atoms with Crippen molar-refractivity contribution in [3.8, 4) is 0 Å². The molecule has 2 N–H and O–H groups in total. The first-order chi connectivity index (χ1) is 7.72. The van der Waals surface area contributed by atoms with Gasteiger partial charge in [0.25, 0.3) is 0 Å². The van der Waals surface area contributed by atoms with Crippen LogP contribution < -0.4 is 5.73 Å². The molecule has 4 heteroatoms. The molecule has 2 aliphatic rings. The Morgan fingerprint density at radius 1 is 1.25 bits per heavy atom. The summed E-state index contributed by atoms with van der Waals surface area (Å²) in [6.45, 7) is 2.09. The predicted molar refractivity (Wildman–Crippen MR) is 60.9 cm³/mol. The zero-order valence-corrected chi connectivity index (χ0v) is 9.52. The number of nitrogen functional groups attached to an aromatic ring is 1. The molecule has 2 atom stereocenters. The zero-order valence-electron chi connectivity index (χ0n) is 9.52. The van der Waals surface area contributed by atoms with Crippen molar-refractivity contribution in [2.75, 3.05) is 5.73 Å². The fourth-order valence-corrected chi connectivity index (χ4v) is 2.23. The molecule has 1 saturated heterocycles. The molecule has 3 rings (SSSR count). The first-order valence-electron chi connectivity index (χ1n) is 6.02. The highest BCUT2D eigenvalue weighted by Gasteiger charge is 2.29. The number of ether oxygens (including phenoxy) is 1. The lowest BCUT2D eigenvalue weighted by Gasteiger charge is -2.11. The average molecular weight is 219 g/mol. The summed E-state index contributed by atoms with van der Waals surface area (Å²) < 4.78 is 5.78. The van der Waals surface area contributed by atoms with Crippen molar-refractivity contribution in [1.82, 2.24) is 9.97 Å². The number of rotatable bonds is 2. The SMILES string of the molecule is CC1CCC(c2nc(N)cc(C3CC3)n2)O1. The Hall–Kier alpha value is -1.16. The van der Waals surface area contributed by atoms with E-state index in [4.69, 9.17) is 10.5 Å². The lowest BCUT2D eigenvalue weighted by atomic mass is 10.2. The summed E-state index contributed by atoms with van der Waals surface area (Å²) in [6, 6.07) is 1.90. The van der Waals surface area contributed by atoms with Crippen LogP contribution in [-0.4, -0.2) is 16.1 Å². The second kappa shape index (κ2) is 3.70. The largest absolute Gasteiger partial charge is 0.384 e. The third kappa shape index (κ3) is 1.89. The Kier molecular flexibility index (Phi) is 2.32. The molecule has 1 saturated carbocycles. The van der Waals surface area contributed by atoms with Gasteiger partial charge in [0.15, 0.2) is 5.82 Å². The number of nitrogens with zero attached hydrogens (tertiary/aromatic N) is 2. The topological polar surface area (TPSA) is 61.0 Å². The Labute approximate surface area is 95.2 Å². The molecule has 0 aromatic carbocycles.